The summed E-state index contributed by atoms with van der Waals surface area (Å²) in [4.78, 5) is 0. The minimum Gasteiger partial charge on any atom is -0.493 e. The van der Waals surface area contributed by atoms with Gasteiger partial charge in [0.15, 0.2) is 0 Å². The Morgan fingerprint density at radius 1 is 1.44 bits per heavy atom. The van der Waals surface area contributed by atoms with Crippen molar-refractivity contribution in [2.45, 2.75) is 18.9 Å². The number of nitrogens with one attached hydrogen (secondary N) is 1. The predicted octanol–water partition coefficient (Wildman–Crippen LogP) is 2.13. The molecule has 86 valence electrons. The number of rotatable bonds is 4. The van der Waals surface area contributed by atoms with Crippen molar-refractivity contribution in [1.82, 2.24) is 5.32 Å². The predicted molar refractivity (Wildman–Crippen MR) is 62.0 cm³/mol. The van der Waals surface area contributed by atoms with E-state index in [1.54, 1.807) is 0 Å². The second-order valence-electron chi connectivity index (χ2n) is 4.61. The molecule has 3 nitrogen and oxygen atoms in total. The third kappa shape index (κ3) is 1.87. The molecule has 1 fully saturated rings. The monoisotopic (exact) mass is 219 g/mol. The number of hydrogen-bond donors (Lipinski definition) is 1. The molecule has 3 heteroatoms. The van der Waals surface area contributed by atoms with Crippen LogP contribution in [-0.2, 0) is 0 Å². The maximum Gasteiger partial charge on any atom is 0.127 e. The average Bonchev–Trinajstić information content (AvgIpc) is 3.05. The fourth-order valence-corrected chi connectivity index (χ4v) is 2.02. The van der Waals surface area contributed by atoms with Crippen molar-refractivity contribution < 1.29 is 9.47 Å². The Balaban J connectivity index is 1.72. The largest absolute Gasteiger partial charge is 0.493 e. The third-order valence-corrected chi connectivity index (χ3v) is 3.30. The molecule has 0 saturated heterocycles. The van der Waals surface area contributed by atoms with E-state index in [9.17, 15) is 0 Å². The molecule has 1 atom stereocenters. The zero-order chi connectivity index (χ0) is 11.0. The number of benzene rings is 1. The summed E-state index contributed by atoms with van der Waals surface area (Å²) >= 11 is 0. The quantitative estimate of drug-likeness (QED) is 0.841. The van der Waals surface area contributed by atoms with Crippen LogP contribution in [0.15, 0.2) is 18.2 Å². The normalized spacial score (nSPS) is 22.7. The van der Waals surface area contributed by atoms with Crippen LogP contribution in [0.5, 0.6) is 11.5 Å². The minimum atomic E-state index is 0.326. The lowest BCUT2D eigenvalue weighted by molar-refractivity contribution is 0.294. The van der Waals surface area contributed by atoms with Gasteiger partial charge in [-0.1, -0.05) is 0 Å². The van der Waals surface area contributed by atoms with Gasteiger partial charge >= 0.3 is 0 Å². The van der Waals surface area contributed by atoms with Crippen molar-refractivity contribution in [3.63, 3.8) is 0 Å². The maximum atomic E-state index is 5.72. The first-order valence-electron chi connectivity index (χ1n) is 5.93. The molecule has 1 aromatic carbocycles. The molecule has 0 amide bonds. The summed E-state index contributed by atoms with van der Waals surface area (Å²) in [5, 5.41) is 3.23. The van der Waals surface area contributed by atoms with Gasteiger partial charge in [0, 0.05) is 11.6 Å². The van der Waals surface area contributed by atoms with Crippen LogP contribution in [0.3, 0.4) is 0 Å². The van der Waals surface area contributed by atoms with Crippen LogP contribution < -0.4 is 14.8 Å². The second kappa shape index (κ2) is 3.98. The molecule has 0 bridgehead atoms. The van der Waals surface area contributed by atoms with Gasteiger partial charge in [-0.15, -0.1) is 0 Å². The topological polar surface area (TPSA) is 30.5 Å². The fraction of sp³-hybridized carbons (Fsp3) is 0.538. The molecule has 0 spiro atoms. The SMILES string of the molecule is CNC1COc2cc(OCC3CC3)ccc21. The Labute approximate surface area is 95.8 Å². The highest BCUT2D eigenvalue weighted by Gasteiger charge is 2.24. The van der Waals surface area contributed by atoms with Crippen molar-refractivity contribution in [3.05, 3.63) is 23.8 Å². The Bertz CT molecular complexity index is 388. The molecular formula is C13H17NO2. The summed E-state index contributed by atoms with van der Waals surface area (Å²) in [5.41, 5.74) is 1.24. The van der Waals surface area contributed by atoms with E-state index >= 15 is 0 Å². The molecule has 3 rings (SSSR count). The average molecular weight is 219 g/mol. The number of likely N-dealkylation sites (N-methyl/N-ethyl adjacent to an activating group) is 1. The van der Waals surface area contributed by atoms with Gasteiger partial charge in [-0.25, -0.2) is 0 Å². The lowest BCUT2D eigenvalue weighted by Gasteiger charge is -2.08. The molecule has 2 aliphatic rings. The van der Waals surface area contributed by atoms with Crippen molar-refractivity contribution in [1.29, 1.82) is 0 Å². The molecule has 1 aliphatic heterocycles. The smallest absolute Gasteiger partial charge is 0.127 e. The third-order valence-electron chi connectivity index (χ3n) is 3.30. The Hall–Kier alpha value is -1.22. The highest BCUT2D eigenvalue weighted by atomic mass is 16.5. The van der Waals surface area contributed by atoms with Crippen molar-refractivity contribution in [2.24, 2.45) is 5.92 Å². The van der Waals surface area contributed by atoms with Crippen molar-refractivity contribution in [2.75, 3.05) is 20.3 Å². The molecule has 1 unspecified atom stereocenters. The first kappa shape index (κ1) is 9.97. The van der Waals surface area contributed by atoms with Gasteiger partial charge < -0.3 is 14.8 Å². The number of hydrogen-bond acceptors (Lipinski definition) is 3. The highest BCUT2D eigenvalue weighted by molar-refractivity contribution is 5.44. The van der Waals surface area contributed by atoms with E-state index in [-0.39, 0.29) is 0 Å². The Morgan fingerprint density at radius 2 is 2.31 bits per heavy atom. The van der Waals surface area contributed by atoms with E-state index in [4.69, 9.17) is 9.47 Å². The first-order valence-corrected chi connectivity index (χ1v) is 5.93. The lowest BCUT2D eigenvalue weighted by atomic mass is 10.1. The molecule has 1 N–H and O–H groups in total. The van der Waals surface area contributed by atoms with Crippen LogP contribution in [0, 0.1) is 5.92 Å². The van der Waals surface area contributed by atoms with Crippen LogP contribution in [0.1, 0.15) is 24.4 Å². The molecule has 1 aromatic rings. The lowest BCUT2D eigenvalue weighted by Crippen LogP contribution is -2.17. The Morgan fingerprint density at radius 3 is 3.06 bits per heavy atom. The Kier molecular flexibility index (Phi) is 2.48. The van der Waals surface area contributed by atoms with Crippen molar-refractivity contribution in [3.8, 4) is 11.5 Å². The first-order chi connectivity index (χ1) is 7.86. The molecule has 1 saturated carbocycles. The van der Waals surface area contributed by atoms with Gasteiger partial charge in [0.1, 0.15) is 18.1 Å². The van der Waals surface area contributed by atoms with Gasteiger partial charge in [-0.05, 0) is 37.9 Å². The van der Waals surface area contributed by atoms with Gasteiger partial charge in [0.05, 0.1) is 12.6 Å². The minimum absolute atomic E-state index is 0.326. The summed E-state index contributed by atoms with van der Waals surface area (Å²) in [6.45, 7) is 1.58. The van der Waals surface area contributed by atoms with Crippen LogP contribution in [0.25, 0.3) is 0 Å². The van der Waals surface area contributed by atoms with E-state index in [1.807, 2.05) is 19.2 Å². The van der Waals surface area contributed by atoms with Gasteiger partial charge in [0.2, 0.25) is 0 Å². The summed E-state index contributed by atoms with van der Waals surface area (Å²) in [6, 6.07) is 6.48. The molecule has 16 heavy (non-hydrogen) atoms. The van der Waals surface area contributed by atoms with Crippen LogP contribution >= 0.6 is 0 Å². The zero-order valence-corrected chi connectivity index (χ0v) is 9.53. The van der Waals surface area contributed by atoms with Crippen LogP contribution in [0.2, 0.25) is 0 Å². The van der Waals surface area contributed by atoms with E-state index in [2.05, 4.69) is 11.4 Å². The van der Waals surface area contributed by atoms with Crippen molar-refractivity contribution >= 4 is 0 Å². The summed E-state index contributed by atoms with van der Waals surface area (Å²) in [5.74, 6) is 2.69. The second-order valence-corrected chi connectivity index (χ2v) is 4.61. The summed E-state index contributed by atoms with van der Waals surface area (Å²) < 4.78 is 11.3. The zero-order valence-electron chi connectivity index (χ0n) is 9.53. The molecular weight excluding hydrogens is 202 g/mol. The number of fused-ring (bicyclic) bond motifs is 1. The summed E-state index contributed by atoms with van der Waals surface area (Å²) in [7, 11) is 1.96. The molecule has 0 aromatic heterocycles. The van der Waals surface area contributed by atoms with Gasteiger partial charge in [0.25, 0.3) is 0 Å². The fourth-order valence-electron chi connectivity index (χ4n) is 2.02. The van der Waals surface area contributed by atoms with Crippen LogP contribution in [-0.4, -0.2) is 20.3 Å². The van der Waals surface area contributed by atoms with Gasteiger partial charge in [-0.2, -0.15) is 0 Å². The maximum absolute atomic E-state index is 5.72. The summed E-state index contributed by atoms with van der Waals surface area (Å²) in [6.07, 6.45) is 2.65. The van der Waals surface area contributed by atoms with E-state index in [1.165, 1.54) is 18.4 Å². The highest BCUT2D eigenvalue weighted by Crippen LogP contribution is 2.36. The van der Waals surface area contributed by atoms with E-state index in [0.717, 1.165) is 30.6 Å². The standard InChI is InChI=1S/C13H17NO2/c1-14-12-8-16-13-6-10(4-5-11(12)13)15-7-9-2-3-9/h4-6,9,12,14H,2-3,7-8H2,1H3. The molecule has 1 aliphatic carbocycles. The molecule has 0 radical (unpaired) electrons. The van der Waals surface area contributed by atoms with Gasteiger partial charge in [-0.3, -0.25) is 0 Å². The van der Waals surface area contributed by atoms with E-state index in [0.29, 0.717) is 6.04 Å². The van der Waals surface area contributed by atoms with Crippen LogP contribution in [0.4, 0.5) is 0 Å². The molecule has 1 heterocycles. The van der Waals surface area contributed by atoms with E-state index < -0.39 is 0 Å². The number of ether oxygens (including phenoxy) is 2.